The van der Waals surface area contributed by atoms with Crippen LogP contribution in [-0.4, -0.2) is 13.4 Å². The first kappa shape index (κ1) is 13.2. The fourth-order valence-corrected chi connectivity index (χ4v) is 3.08. The van der Waals surface area contributed by atoms with Crippen molar-refractivity contribution in [3.8, 4) is 6.07 Å². The van der Waals surface area contributed by atoms with Gasteiger partial charge in [-0.25, -0.2) is 27.3 Å². The summed E-state index contributed by atoms with van der Waals surface area (Å²) in [6, 6.07) is 1.46. The van der Waals surface area contributed by atoms with Crippen molar-refractivity contribution in [1.29, 1.82) is 5.26 Å². The van der Waals surface area contributed by atoms with Crippen molar-refractivity contribution in [2.24, 2.45) is 5.14 Å². The Morgan fingerprint density at radius 2 is 2.12 bits per heavy atom. The number of nitriles is 1. The van der Waals surface area contributed by atoms with Gasteiger partial charge in [-0.2, -0.15) is 5.26 Å². The molecule has 1 heterocycles. The van der Waals surface area contributed by atoms with Crippen LogP contribution in [0.1, 0.15) is 17.7 Å². The average Bonchev–Trinajstić information content (AvgIpc) is 2.14. The van der Waals surface area contributed by atoms with E-state index in [1.165, 1.54) is 28.7 Å². The van der Waals surface area contributed by atoms with Gasteiger partial charge in [0.2, 0.25) is 10.0 Å². The minimum absolute atomic E-state index is 0.276. The number of sulfonamides is 1. The maximum absolute atomic E-state index is 12.6. The Morgan fingerprint density at radius 1 is 1.56 bits per heavy atom. The molecule has 16 heavy (non-hydrogen) atoms. The smallest absolute Gasteiger partial charge is 0.244 e. The largest absolute Gasteiger partial charge is 0.267 e. The van der Waals surface area contributed by atoms with Gasteiger partial charge in [-0.1, -0.05) is 0 Å². The van der Waals surface area contributed by atoms with Crippen LogP contribution in [-0.2, 0) is 10.0 Å². The molecule has 86 valence electrons. The van der Waals surface area contributed by atoms with Crippen LogP contribution in [0.4, 0.5) is 8.78 Å². The van der Waals surface area contributed by atoms with Gasteiger partial charge in [-0.3, -0.25) is 0 Å². The zero-order chi connectivity index (χ0) is 12.5. The van der Waals surface area contributed by atoms with Crippen LogP contribution in [0, 0.1) is 14.9 Å². The lowest BCUT2D eigenvalue weighted by Gasteiger charge is -2.08. The van der Waals surface area contributed by atoms with E-state index in [-0.39, 0.29) is 3.57 Å². The summed E-state index contributed by atoms with van der Waals surface area (Å²) in [5.74, 6) is 0. The van der Waals surface area contributed by atoms with Crippen molar-refractivity contribution >= 4 is 32.6 Å². The van der Waals surface area contributed by atoms with Crippen molar-refractivity contribution in [2.45, 2.75) is 11.3 Å². The van der Waals surface area contributed by atoms with Crippen LogP contribution < -0.4 is 5.14 Å². The van der Waals surface area contributed by atoms with Crippen molar-refractivity contribution in [1.82, 2.24) is 4.98 Å². The monoisotopic (exact) mass is 359 g/mol. The lowest BCUT2D eigenvalue weighted by Crippen LogP contribution is -2.16. The summed E-state index contributed by atoms with van der Waals surface area (Å²) in [5.41, 5.74) is -1.22. The molecule has 0 saturated carbocycles. The third kappa shape index (κ3) is 2.45. The molecule has 0 unspecified atom stereocenters. The van der Waals surface area contributed by atoms with Crippen LogP contribution in [0.2, 0.25) is 0 Å². The van der Waals surface area contributed by atoms with Gasteiger partial charge in [0.1, 0.15) is 16.7 Å². The average molecular weight is 359 g/mol. The van der Waals surface area contributed by atoms with E-state index in [1.807, 2.05) is 0 Å². The Kier molecular flexibility index (Phi) is 3.76. The number of nitrogens with two attached hydrogens (primary N) is 1. The lowest BCUT2D eigenvalue weighted by molar-refractivity contribution is 0.149. The van der Waals surface area contributed by atoms with E-state index >= 15 is 0 Å². The maximum Gasteiger partial charge on any atom is 0.267 e. The fraction of sp³-hybridized carbons (Fsp3) is 0.143. The van der Waals surface area contributed by atoms with Gasteiger partial charge in [0.05, 0.1) is 5.56 Å². The number of alkyl halides is 2. The zero-order valence-corrected chi connectivity index (χ0v) is 10.5. The molecule has 2 N–H and O–H groups in total. The highest BCUT2D eigenvalue weighted by Gasteiger charge is 2.24. The third-order valence-electron chi connectivity index (χ3n) is 1.65. The standard InChI is InChI=1S/C7H4F2IN3O2S/c8-7(9)5-3(1-11)13-2-4(6(5)10)16(12,14)15/h2,7H,(H2,12,14,15). The van der Waals surface area contributed by atoms with E-state index in [0.29, 0.717) is 0 Å². The van der Waals surface area contributed by atoms with Crippen LogP contribution >= 0.6 is 22.6 Å². The molecule has 0 fully saturated rings. The van der Waals surface area contributed by atoms with Crippen LogP contribution in [0.25, 0.3) is 0 Å². The van der Waals surface area contributed by atoms with E-state index in [9.17, 15) is 17.2 Å². The molecule has 0 aliphatic rings. The van der Waals surface area contributed by atoms with Gasteiger partial charge < -0.3 is 0 Å². The first-order valence-electron chi connectivity index (χ1n) is 3.68. The first-order valence-corrected chi connectivity index (χ1v) is 6.31. The van der Waals surface area contributed by atoms with Gasteiger partial charge in [0, 0.05) is 9.77 Å². The van der Waals surface area contributed by atoms with E-state index < -0.39 is 32.6 Å². The predicted molar refractivity (Wildman–Crippen MR) is 58.0 cm³/mol. The van der Waals surface area contributed by atoms with Gasteiger partial charge in [-0.15, -0.1) is 0 Å². The minimum atomic E-state index is -4.13. The molecular weight excluding hydrogens is 355 g/mol. The van der Waals surface area contributed by atoms with Gasteiger partial charge in [-0.05, 0) is 22.6 Å². The summed E-state index contributed by atoms with van der Waals surface area (Å²) in [5, 5.41) is 13.4. The van der Waals surface area contributed by atoms with Crippen LogP contribution in [0.3, 0.4) is 0 Å². The van der Waals surface area contributed by atoms with Gasteiger partial charge >= 0.3 is 0 Å². The zero-order valence-electron chi connectivity index (χ0n) is 7.49. The molecular formula is C7H4F2IN3O2S. The highest BCUT2D eigenvalue weighted by Crippen LogP contribution is 2.30. The summed E-state index contributed by atoms with van der Waals surface area (Å²) in [6.07, 6.45) is -2.20. The number of pyridine rings is 1. The predicted octanol–water partition coefficient (Wildman–Crippen LogP) is 1.14. The quantitative estimate of drug-likeness (QED) is 0.801. The SMILES string of the molecule is N#Cc1ncc(S(N)(=O)=O)c(I)c1C(F)F. The lowest BCUT2D eigenvalue weighted by atomic mass is 10.2. The molecule has 0 amide bonds. The summed E-state index contributed by atoms with van der Waals surface area (Å²) in [4.78, 5) is 2.83. The molecule has 1 rings (SSSR count). The first-order chi connectivity index (χ1) is 7.29. The van der Waals surface area contributed by atoms with E-state index in [1.54, 1.807) is 0 Å². The number of rotatable bonds is 2. The molecule has 9 heteroatoms. The van der Waals surface area contributed by atoms with E-state index in [4.69, 9.17) is 10.4 Å². The highest BCUT2D eigenvalue weighted by atomic mass is 127. The molecule has 0 bridgehead atoms. The topological polar surface area (TPSA) is 96.8 Å². The van der Waals surface area contributed by atoms with Crippen molar-refractivity contribution in [3.63, 3.8) is 0 Å². The normalized spacial score (nSPS) is 11.5. The fourth-order valence-electron chi connectivity index (χ4n) is 0.973. The third-order valence-corrected chi connectivity index (χ3v) is 4.10. The second-order valence-corrected chi connectivity index (χ2v) is 5.26. The summed E-state index contributed by atoms with van der Waals surface area (Å²) in [7, 11) is -4.13. The summed E-state index contributed by atoms with van der Waals surface area (Å²) >= 11 is 1.40. The van der Waals surface area contributed by atoms with E-state index in [2.05, 4.69) is 4.98 Å². The van der Waals surface area contributed by atoms with Gasteiger partial charge in [0.25, 0.3) is 6.43 Å². The van der Waals surface area contributed by atoms with Crippen molar-refractivity contribution in [2.75, 3.05) is 0 Å². The van der Waals surface area contributed by atoms with Gasteiger partial charge in [0.15, 0.2) is 0 Å². The minimum Gasteiger partial charge on any atom is -0.244 e. The summed E-state index contributed by atoms with van der Waals surface area (Å²) < 4.78 is 47.0. The van der Waals surface area contributed by atoms with Crippen LogP contribution in [0.5, 0.6) is 0 Å². The molecule has 0 atom stereocenters. The maximum atomic E-state index is 12.6. The molecule has 0 saturated heterocycles. The molecule has 5 nitrogen and oxygen atoms in total. The highest BCUT2D eigenvalue weighted by molar-refractivity contribution is 14.1. The molecule has 1 aromatic heterocycles. The number of aromatic nitrogens is 1. The number of hydrogen-bond acceptors (Lipinski definition) is 4. The Balaban J connectivity index is 3.65. The number of primary sulfonamides is 1. The van der Waals surface area contributed by atoms with Crippen LogP contribution in [0.15, 0.2) is 11.1 Å². The number of hydrogen-bond donors (Lipinski definition) is 1. The Hall–Kier alpha value is -0.860. The second kappa shape index (κ2) is 4.56. The Labute approximate surface area is 103 Å². The van der Waals surface area contributed by atoms with Crippen molar-refractivity contribution < 1.29 is 17.2 Å². The van der Waals surface area contributed by atoms with Crippen molar-refractivity contribution in [3.05, 3.63) is 21.0 Å². The molecule has 0 spiro atoms. The molecule has 0 radical (unpaired) electrons. The Morgan fingerprint density at radius 3 is 2.50 bits per heavy atom. The number of nitrogens with zero attached hydrogens (tertiary/aromatic N) is 2. The molecule has 1 aromatic rings. The molecule has 0 aliphatic carbocycles. The number of halogens is 3. The summed E-state index contributed by atoms with van der Waals surface area (Å²) in [6.45, 7) is 0. The Bertz CT molecular complexity index is 568. The molecule has 0 aromatic carbocycles. The second-order valence-electron chi connectivity index (χ2n) is 2.66. The van der Waals surface area contributed by atoms with E-state index in [0.717, 1.165) is 6.20 Å². The molecule has 0 aliphatic heterocycles.